The maximum atomic E-state index is 16.7. The molecule has 9 nitrogen and oxygen atoms in total. The fourth-order valence-electron chi connectivity index (χ4n) is 7.61. The standard InChI is InChI=1S/C32H29F3N6O3/c1-2-20-23(34)6-7-24-26(20)21(10-25(42)37-24)28-27(35)29-22(12-36-28)30(40-14-18-4-5-19(15-40)44-18)39-31(38-29)43-16-32-8-3-9-41(32)13-17(33)11-32/h1,6-7,10,12,17-19H,3-5,8-9,11,13-16H2,(H,37,42)/t17-,18-,19+,32+/m1/s1. The topological polar surface area (TPSA) is 96.5 Å². The third-order valence-electron chi connectivity index (χ3n) is 9.57. The molecule has 1 N–H and O–H groups in total. The normalized spacial score (nSPS) is 26.4. The molecule has 0 amide bonds. The molecule has 4 saturated heterocycles. The lowest BCUT2D eigenvalue weighted by atomic mass is 9.95. The number of benzene rings is 1. The van der Waals surface area contributed by atoms with Crippen molar-refractivity contribution in [1.29, 1.82) is 0 Å². The predicted octanol–water partition coefficient (Wildman–Crippen LogP) is 4.12. The molecular weight excluding hydrogens is 573 g/mol. The van der Waals surface area contributed by atoms with E-state index in [1.807, 2.05) is 4.90 Å². The highest BCUT2D eigenvalue weighted by Crippen LogP contribution is 2.41. The summed E-state index contributed by atoms with van der Waals surface area (Å²) in [7, 11) is 0. The minimum absolute atomic E-state index is 0.0305. The SMILES string of the molecule is C#Cc1c(F)ccc2[nH]c(=O)cc(-c3ncc4c(N5C[C@H]6CC[C@@H](C5)O6)nc(OC[C@@]56CCCN5C[C@H](F)C6)nc4c3F)c12. The van der Waals surface area contributed by atoms with Gasteiger partial charge >= 0.3 is 6.01 Å². The quantitative estimate of drug-likeness (QED) is 0.341. The Balaban J connectivity index is 1.28. The number of nitrogens with zero attached hydrogens (tertiary/aromatic N) is 5. The van der Waals surface area contributed by atoms with Gasteiger partial charge in [-0.25, -0.2) is 13.2 Å². The molecule has 0 aliphatic carbocycles. The Kier molecular flexibility index (Phi) is 6.32. The van der Waals surface area contributed by atoms with E-state index in [1.54, 1.807) is 0 Å². The van der Waals surface area contributed by atoms with E-state index in [0.717, 1.165) is 44.4 Å². The van der Waals surface area contributed by atoms with Crippen LogP contribution in [0, 0.1) is 24.0 Å². The molecule has 0 radical (unpaired) electrons. The number of hydrogen-bond donors (Lipinski definition) is 1. The van der Waals surface area contributed by atoms with Crippen LogP contribution in [0.1, 0.15) is 37.7 Å². The second-order valence-electron chi connectivity index (χ2n) is 12.3. The molecule has 226 valence electrons. The van der Waals surface area contributed by atoms with Gasteiger partial charge in [0.1, 0.15) is 35.6 Å². The number of fused-ring (bicyclic) bond motifs is 5. The van der Waals surface area contributed by atoms with E-state index in [-0.39, 0.29) is 58.1 Å². The summed E-state index contributed by atoms with van der Waals surface area (Å²) >= 11 is 0. The Morgan fingerprint density at radius 1 is 1.18 bits per heavy atom. The number of nitrogens with one attached hydrogen (secondary N) is 1. The number of ether oxygens (including phenoxy) is 2. The van der Waals surface area contributed by atoms with Crippen LogP contribution in [0.25, 0.3) is 33.1 Å². The van der Waals surface area contributed by atoms with Gasteiger partial charge in [0.15, 0.2) is 5.82 Å². The number of alkyl halides is 1. The van der Waals surface area contributed by atoms with Gasteiger partial charge in [0, 0.05) is 49.3 Å². The zero-order valence-electron chi connectivity index (χ0n) is 23.8. The number of aromatic amines is 1. The summed E-state index contributed by atoms with van der Waals surface area (Å²) in [5.41, 5.74) is -1.05. The molecule has 4 aliphatic rings. The Bertz CT molecular complexity index is 1920. The number of pyridine rings is 2. The minimum atomic E-state index is -0.927. The fourth-order valence-corrected chi connectivity index (χ4v) is 7.61. The largest absolute Gasteiger partial charge is 0.461 e. The van der Waals surface area contributed by atoms with E-state index in [9.17, 15) is 13.6 Å². The summed E-state index contributed by atoms with van der Waals surface area (Å²) in [6.07, 6.45) is 10.2. The van der Waals surface area contributed by atoms with Crippen LogP contribution in [0.2, 0.25) is 0 Å². The molecule has 4 aromatic rings. The molecular formula is C32H29F3N6O3. The van der Waals surface area contributed by atoms with Gasteiger partial charge in [0.05, 0.1) is 34.2 Å². The number of aromatic nitrogens is 4. The van der Waals surface area contributed by atoms with Crippen molar-refractivity contribution in [3.63, 3.8) is 0 Å². The molecule has 4 atom stereocenters. The van der Waals surface area contributed by atoms with Gasteiger partial charge in [0.2, 0.25) is 5.56 Å². The Labute approximate surface area is 250 Å². The minimum Gasteiger partial charge on any atom is -0.461 e. The van der Waals surface area contributed by atoms with Crippen molar-refractivity contribution in [3.8, 4) is 29.6 Å². The van der Waals surface area contributed by atoms with Crippen LogP contribution in [0.4, 0.5) is 19.0 Å². The van der Waals surface area contributed by atoms with Crippen LogP contribution in [-0.4, -0.2) is 81.5 Å². The van der Waals surface area contributed by atoms with Crippen molar-refractivity contribution < 1.29 is 22.6 Å². The number of halogens is 3. The van der Waals surface area contributed by atoms with Crippen molar-refractivity contribution in [2.24, 2.45) is 0 Å². The summed E-state index contributed by atoms with van der Waals surface area (Å²) in [5.74, 6) is 1.28. The Hall–Kier alpha value is -4.21. The van der Waals surface area contributed by atoms with Gasteiger partial charge < -0.3 is 19.4 Å². The maximum absolute atomic E-state index is 16.7. The zero-order valence-corrected chi connectivity index (χ0v) is 23.8. The lowest BCUT2D eigenvalue weighted by Gasteiger charge is -2.34. The summed E-state index contributed by atoms with van der Waals surface area (Å²) < 4.78 is 58.1. The number of morpholine rings is 1. The number of hydrogen-bond acceptors (Lipinski definition) is 8. The highest BCUT2D eigenvalue weighted by atomic mass is 19.1. The molecule has 8 rings (SSSR count). The Morgan fingerprint density at radius 2 is 2.00 bits per heavy atom. The fraction of sp³-hybridized carbons (Fsp3) is 0.438. The first-order chi connectivity index (χ1) is 21.3. The highest BCUT2D eigenvalue weighted by molar-refractivity contribution is 6.00. The summed E-state index contributed by atoms with van der Waals surface area (Å²) in [6, 6.07) is 3.66. The first-order valence-corrected chi connectivity index (χ1v) is 14.9. The van der Waals surface area contributed by atoms with Gasteiger partial charge in [0.25, 0.3) is 0 Å². The average molecular weight is 603 g/mol. The van der Waals surface area contributed by atoms with Crippen LogP contribution in [-0.2, 0) is 4.74 Å². The molecule has 4 fully saturated rings. The van der Waals surface area contributed by atoms with Crippen molar-refractivity contribution in [2.75, 3.05) is 37.7 Å². The third-order valence-corrected chi connectivity index (χ3v) is 9.57. The molecule has 12 heteroatoms. The lowest BCUT2D eigenvalue weighted by molar-refractivity contribution is 0.0302. The van der Waals surface area contributed by atoms with Crippen LogP contribution in [0.15, 0.2) is 29.2 Å². The average Bonchev–Trinajstić information content (AvgIpc) is 3.66. The number of anilines is 1. The van der Waals surface area contributed by atoms with Crippen LogP contribution < -0.4 is 15.2 Å². The van der Waals surface area contributed by atoms with Crippen molar-refractivity contribution >= 4 is 27.6 Å². The monoisotopic (exact) mass is 602 g/mol. The first-order valence-electron chi connectivity index (χ1n) is 14.9. The molecule has 0 saturated carbocycles. The van der Waals surface area contributed by atoms with E-state index in [2.05, 4.69) is 25.8 Å². The Morgan fingerprint density at radius 3 is 2.80 bits per heavy atom. The second kappa shape index (κ2) is 10.2. The zero-order chi connectivity index (χ0) is 30.2. The van der Waals surface area contributed by atoms with Gasteiger partial charge in [-0.3, -0.25) is 14.7 Å². The molecule has 44 heavy (non-hydrogen) atoms. The van der Waals surface area contributed by atoms with Crippen molar-refractivity contribution in [3.05, 3.63) is 51.9 Å². The van der Waals surface area contributed by atoms with Crippen LogP contribution in [0.5, 0.6) is 6.01 Å². The smallest absolute Gasteiger partial charge is 0.319 e. The number of rotatable bonds is 5. The molecule has 2 bridgehead atoms. The molecule has 7 heterocycles. The van der Waals surface area contributed by atoms with E-state index >= 15 is 4.39 Å². The maximum Gasteiger partial charge on any atom is 0.319 e. The van der Waals surface area contributed by atoms with Gasteiger partial charge in [-0.2, -0.15) is 9.97 Å². The second-order valence-corrected chi connectivity index (χ2v) is 12.3. The first kappa shape index (κ1) is 27.3. The van der Waals surface area contributed by atoms with Crippen molar-refractivity contribution in [1.82, 2.24) is 24.8 Å². The van der Waals surface area contributed by atoms with E-state index in [1.165, 1.54) is 12.3 Å². The lowest BCUT2D eigenvalue weighted by Crippen LogP contribution is -2.44. The molecule has 1 aromatic carbocycles. The van der Waals surface area contributed by atoms with Gasteiger partial charge in [-0.1, -0.05) is 5.92 Å². The van der Waals surface area contributed by atoms with E-state index < -0.39 is 28.9 Å². The predicted molar refractivity (Wildman–Crippen MR) is 157 cm³/mol. The van der Waals surface area contributed by atoms with E-state index in [4.69, 9.17) is 20.9 Å². The molecule has 0 unspecified atom stereocenters. The molecule has 0 spiro atoms. The number of H-pyrrole nitrogens is 1. The molecule has 4 aliphatic heterocycles. The third kappa shape index (κ3) is 4.32. The van der Waals surface area contributed by atoms with E-state index in [0.29, 0.717) is 37.3 Å². The van der Waals surface area contributed by atoms with Gasteiger partial charge in [-0.15, -0.1) is 6.42 Å². The summed E-state index contributed by atoms with van der Waals surface area (Å²) in [4.78, 5) is 33.1. The van der Waals surface area contributed by atoms with Crippen LogP contribution >= 0.6 is 0 Å². The summed E-state index contributed by atoms with van der Waals surface area (Å²) in [5, 5.41) is 0.526. The highest BCUT2D eigenvalue weighted by Gasteiger charge is 2.49. The summed E-state index contributed by atoms with van der Waals surface area (Å²) in [6.45, 7) is 2.48. The number of terminal acetylenes is 1. The van der Waals surface area contributed by atoms with Crippen molar-refractivity contribution in [2.45, 2.75) is 56.0 Å². The van der Waals surface area contributed by atoms with Gasteiger partial charge in [-0.05, 0) is 44.4 Å². The van der Waals surface area contributed by atoms with Crippen LogP contribution in [0.3, 0.4) is 0 Å². The molecule has 3 aromatic heterocycles.